The number of nitrogens with zero attached hydrogens (tertiary/aromatic N) is 1. The first-order valence-electron chi connectivity index (χ1n) is 4.80. The summed E-state index contributed by atoms with van der Waals surface area (Å²) in [6, 6.07) is 0. The number of hydrogen-bond acceptors (Lipinski definition) is 5. The summed E-state index contributed by atoms with van der Waals surface area (Å²) in [5.74, 6) is -0.306. The lowest BCUT2D eigenvalue weighted by atomic mass is 10.3. The number of rotatable bonds is 7. The normalized spacial score (nSPS) is 12.9. The molecule has 84 valence electrons. The number of carbonyl (C=O) groups excluding carboxylic acids is 1. The molecular formula is C9H19NO4. The van der Waals surface area contributed by atoms with Crippen molar-refractivity contribution in [1.29, 1.82) is 0 Å². The molecule has 2 N–H and O–H groups in total. The van der Waals surface area contributed by atoms with Crippen molar-refractivity contribution in [3.05, 3.63) is 0 Å². The lowest BCUT2D eigenvalue weighted by molar-refractivity contribution is -0.144. The molecule has 0 saturated heterocycles. The van der Waals surface area contributed by atoms with Crippen LogP contribution in [0.5, 0.6) is 0 Å². The van der Waals surface area contributed by atoms with Gasteiger partial charge in [-0.05, 0) is 13.5 Å². The quantitative estimate of drug-likeness (QED) is 0.534. The molecule has 0 heterocycles. The Morgan fingerprint density at radius 3 is 2.57 bits per heavy atom. The number of aliphatic hydroxyl groups excluding tert-OH is 2. The van der Waals surface area contributed by atoms with Crippen LogP contribution in [0.2, 0.25) is 0 Å². The number of carbonyl (C=O) groups is 1. The molecule has 0 aromatic heterocycles. The van der Waals surface area contributed by atoms with E-state index in [0.29, 0.717) is 13.2 Å². The van der Waals surface area contributed by atoms with E-state index < -0.39 is 6.10 Å². The topological polar surface area (TPSA) is 70.0 Å². The average molecular weight is 205 g/mol. The third-order valence-electron chi connectivity index (χ3n) is 1.78. The Bertz CT molecular complexity index is 163. The van der Waals surface area contributed by atoms with Gasteiger partial charge in [0.05, 0.1) is 25.9 Å². The van der Waals surface area contributed by atoms with Gasteiger partial charge in [-0.25, -0.2) is 0 Å². The third kappa shape index (κ3) is 5.90. The van der Waals surface area contributed by atoms with Crippen molar-refractivity contribution in [2.45, 2.75) is 20.0 Å². The van der Waals surface area contributed by atoms with Gasteiger partial charge in [0.25, 0.3) is 0 Å². The fraction of sp³-hybridized carbons (Fsp3) is 0.889. The Morgan fingerprint density at radius 1 is 1.50 bits per heavy atom. The molecule has 0 radical (unpaired) electrons. The Morgan fingerprint density at radius 2 is 2.14 bits per heavy atom. The number of esters is 1. The first kappa shape index (κ1) is 13.4. The van der Waals surface area contributed by atoms with E-state index in [1.807, 2.05) is 6.92 Å². The molecule has 0 aromatic carbocycles. The van der Waals surface area contributed by atoms with E-state index in [0.717, 1.165) is 0 Å². The molecule has 0 amide bonds. The molecule has 0 aromatic rings. The van der Waals surface area contributed by atoms with Crippen molar-refractivity contribution in [3.8, 4) is 0 Å². The molecule has 0 spiro atoms. The zero-order chi connectivity index (χ0) is 11.0. The highest BCUT2D eigenvalue weighted by atomic mass is 16.5. The van der Waals surface area contributed by atoms with Gasteiger partial charge in [0, 0.05) is 6.54 Å². The van der Waals surface area contributed by atoms with Crippen LogP contribution in [0.3, 0.4) is 0 Å². The Kier molecular flexibility index (Phi) is 7.37. The molecule has 0 bridgehead atoms. The van der Waals surface area contributed by atoms with Crippen LogP contribution >= 0.6 is 0 Å². The van der Waals surface area contributed by atoms with E-state index in [-0.39, 0.29) is 25.7 Å². The smallest absolute Gasteiger partial charge is 0.320 e. The summed E-state index contributed by atoms with van der Waals surface area (Å²) in [5.41, 5.74) is 0. The van der Waals surface area contributed by atoms with Crippen molar-refractivity contribution < 1.29 is 19.7 Å². The molecule has 0 rings (SSSR count). The van der Waals surface area contributed by atoms with Crippen LogP contribution < -0.4 is 0 Å². The van der Waals surface area contributed by atoms with Gasteiger partial charge in [-0.1, -0.05) is 6.92 Å². The second-order valence-corrected chi connectivity index (χ2v) is 2.97. The molecule has 0 fully saturated rings. The molecule has 0 aliphatic heterocycles. The van der Waals surface area contributed by atoms with Crippen molar-refractivity contribution in [2.24, 2.45) is 0 Å². The average Bonchev–Trinajstić information content (AvgIpc) is 2.16. The zero-order valence-electron chi connectivity index (χ0n) is 8.77. The molecule has 0 saturated carbocycles. The van der Waals surface area contributed by atoms with Gasteiger partial charge in [0.2, 0.25) is 0 Å². The fourth-order valence-corrected chi connectivity index (χ4v) is 1.05. The minimum atomic E-state index is -0.802. The summed E-state index contributed by atoms with van der Waals surface area (Å²) < 4.78 is 4.76. The van der Waals surface area contributed by atoms with Crippen LogP contribution in [-0.4, -0.2) is 60.0 Å². The highest BCUT2D eigenvalue weighted by Gasteiger charge is 2.13. The van der Waals surface area contributed by atoms with Crippen LogP contribution in [0.25, 0.3) is 0 Å². The van der Waals surface area contributed by atoms with Crippen molar-refractivity contribution in [3.63, 3.8) is 0 Å². The lowest BCUT2D eigenvalue weighted by Crippen LogP contribution is -2.38. The zero-order valence-corrected chi connectivity index (χ0v) is 8.77. The maximum Gasteiger partial charge on any atom is 0.320 e. The fourth-order valence-electron chi connectivity index (χ4n) is 1.05. The number of likely N-dealkylation sites (N-methyl/N-ethyl adjacent to an activating group) is 1. The number of aliphatic hydroxyl groups is 2. The monoisotopic (exact) mass is 205 g/mol. The maximum absolute atomic E-state index is 11.1. The molecule has 1 atom stereocenters. The van der Waals surface area contributed by atoms with E-state index in [1.165, 1.54) is 0 Å². The maximum atomic E-state index is 11.1. The van der Waals surface area contributed by atoms with Crippen LogP contribution in [0.15, 0.2) is 0 Å². The Balaban J connectivity index is 3.83. The molecule has 0 aliphatic carbocycles. The van der Waals surface area contributed by atoms with Gasteiger partial charge < -0.3 is 14.9 Å². The molecular weight excluding hydrogens is 186 g/mol. The van der Waals surface area contributed by atoms with Crippen LogP contribution in [0, 0.1) is 0 Å². The lowest BCUT2D eigenvalue weighted by Gasteiger charge is -2.21. The Hall–Kier alpha value is -0.650. The van der Waals surface area contributed by atoms with Gasteiger partial charge >= 0.3 is 5.97 Å². The van der Waals surface area contributed by atoms with E-state index in [4.69, 9.17) is 14.9 Å². The molecule has 1 unspecified atom stereocenters. The number of ether oxygens (including phenoxy) is 1. The minimum absolute atomic E-state index is 0.154. The summed E-state index contributed by atoms with van der Waals surface area (Å²) in [6.07, 6.45) is -0.802. The van der Waals surface area contributed by atoms with E-state index in [9.17, 15) is 4.79 Å². The SMILES string of the molecule is CCOC(=O)CN(CC)CC(O)CO. The predicted molar refractivity (Wildman–Crippen MR) is 51.8 cm³/mol. The van der Waals surface area contributed by atoms with Crippen LogP contribution in [0.1, 0.15) is 13.8 Å². The largest absolute Gasteiger partial charge is 0.465 e. The van der Waals surface area contributed by atoms with E-state index in [2.05, 4.69) is 0 Å². The minimum Gasteiger partial charge on any atom is -0.465 e. The summed E-state index contributed by atoms with van der Waals surface area (Å²) in [6.45, 7) is 4.77. The number of hydrogen-bond donors (Lipinski definition) is 2. The summed E-state index contributed by atoms with van der Waals surface area (Å²) in [7, 11) is 0. The first-order valence-corrected chi connectivity index (χ1v) is 4.80. The summed E-state index contributed by atoms with van der Waals surface area (Å²) >= 11 is 0. The summed E-state index contributed by atoms with van der Waals surface area (Å²) in [5, 5.41) is 17.8. The van der Waals surface area contributed by atoms with Crippen molar-refractivity contribution >= 4 is 5.97 Å². The second kappa shape index (κ2) is 7.73. The Labute approximate surface area is 84.3 Å². The standard InChI is InChI=1S/C9H19NO4/c1-3-10(5-8(12)7-11)6-9(13)14-4-2/h8,11-12H,3-7H2,1-2H3. The first-order chi connectivity index (χ1) is 6.63. The van der Waals surface area contributed by atoms with Gasteiger partial charge in [-0.15, -0.1) is 0 Å². The van der Waals surface area contributed by atoms with E-state index >= 15 is 0 Å². The van der Waals surface area contributed by atoms with E-state index in [1.54, 1.807) is 11.8 Å². The van der Waals surface area contributed by atoms with Gasteiger partial charge in [0.1, 0.15) is 0 Å². The van der Waals surface area contributed by atoms with Gasteiger partial charge in [0.15, 0.2) is 0 Å². The molecule has 0 aliphatic rings. The van der Waals surface area contributed by atoms with Crippen LogP contribution in [0.4, 0.5) is 0 Å². The van der Waals surface area contributed by atoms with Gasteiger partial charge in [-0.3, -0.25) is 9.69 Å². The van der Waals surface area contributed by atoms with Gasteiger partial charge in [-0.2, -0.15) is 0 Å². The predicted octanol–water partition coefficient (Wildman–Crippen LogP) is -0.775. The van der Waals surface area contributed by atoms with Crippen LogP contribution in [-0.2, 0) is 9.53 Å². The molecule has 5 nitrogen and oxygen atoms in total. The molecule has 5 heteroatoms. The summed E-state index contributed by atoms with van der Waals surface area (Å²) in [4.78, 5) is 12.8. The second-order valence-electron chi connectivity index (χ2n) is 2.97. The van der Waals surface area contributed by atoms with Crippen molar-refractivity contribution in [2.75, 3.05) is 32.8 Å². The highest BCUT2D eigenvalue weighted by molar-refractivity contribution is 5.71. The van der Waals surface area contributed by atoms with Crippen molar-refractivity contribution in [1.82, 2.24) is 4.90 Å². The molecule has 14 heavy (non-hydrogen) atoms. The third-order valence-corrected chi connectivity index (χ3v) is 1.78. The highest BCUT2D eigenvalue weighted by Crippen LogP contribution is 1.93.